The van der Waals surface area contributed by atoms with Crippen molar-refractivity contribution in [3.63, 3.8) is 0 Å². The molecule has 0 amide bonds. The first-order valence-electron chi connectivity index (χ1n) is 2.17. The van der Waals surface area contributed by atoms with Crippen molar-refractivity contribution in [3.05, 3.63) is 0 Å². The van der Waals surface area contributed by atoms with Crippen LogP contribution in [0.25, 0.3) is 0 Å². The van der Waals surface area contributed by atoms with Gasteiger partial charge in [-0.3, -0.25) is 0 Å². The minimum atomic E-state index is -2.61. The van der Waals surface area contributed by atoms with E-state index in [1.54, 1.807) is 0 Å². The van der Waals surface area contributed by atoms with Gasteiger partial charge in [0.1, 0.15) is 4.33 Å². The Morgan fingerprint density at radius 3 is 1.50 bits per heavy atom. The summed E-state index contributed by atoms with van der Waals surface area (Å²) in [6.07, 6.45) is -0.799. The van der Waals surface area contributed by atoms with Crippen molar-refractivity contribution < 1.29 is 8.78 Å². The lowest BCUT2D eigenvalue weighted by Crippen LogP contribution is -2.43. The van der Waals surface area contributed by atoms with Gasteiger partial charge in [-0.1, -0.05) is 0 Å². The van der Waals surface area contributed by atoms with E-state index in [4.69, 9.17) is 23.2 Å². The van der Waals surface area contributed by atoms with Crippen LogP contribution in [0.3, 0.4) is 0 Å². The third kappa shape index (κ3) is 1.23. The quantitative estimate of drug-likeness (QED) is 0.479. The first-order valence-corrected chi connectivity index (χ1v) is 2.93. The molecule has 0 aromatic rings. The predicted octanol–water partition coefficient (Wildman–Crippen LogP) is 2.59. The van der Waals surface area contributed by atoms with Crippen molar-refractivity contribution in [2.75, 3.05) is 0 Å². The summed E-state index contributed by atoms with van der Waals surface area (Å²) in [5.41, 5.74) is 0. The van der Waals surface area contributed by atoms with E-state index in [2.05, 4.69) is 0 Å². The lowest BCUT2D eigenvalue weighted by Gasteiger charge is -2.37. The molecule has 0 saturated heterocycles. The van der Waals surface area contributed by atoms with Crippen LogP contribution in [-0.2, 0) is 0 Å². The highest BCUT2D eigenvalue weighted by atomic mass is 35.5. The molecule has 0 nitrogen and oxygen atoms in total. The second-order valence-electron chi connectivity index (χ2n) is 2.07. The second-order valence-corrected chi connectivity index (χ2v) is 3.71. The zero-order chi connectivity index (χ0) is 6.41. The van der Waals surface area contributed by atoms with Crippen molar-refractivity contribution in [2.24, 2.45) is 0 Å². The normalized spacial score (nSPS) is 31.5. The van der Waals surface area contributed by atoms with Crippen LogP contribution in [-0.4, -0.2) is 10.3 Å². The van der Waals surface area contributed by atoms with Gasteiger partial charge in [0.15, 0.2) is 0 Å². The van der Waals surface area contributed by atoms with Crippen LogP contribution in [0.4, 0.5) is 8.78 Å². The summed E-state index contributed by atoms with van der Waals surface area (Å²) in [4.78, 5) is 0. The molecule has 1 rings (SSSR count). The van der Waals surface area contributed by atoms with Gasteiger partial charge in [0, 0.05) is 12.8 Å². The summed E-state index contributed by atoms with van der Waals surface area (Å²) >= 11 is 10.5. The predicted molar refractivity (Wildman–Crippen MR) is 28.6 cm³/mol. The molecule has 4 heteroatoms. The maximum atomic E-state index is 11.9. The Bertz CT molecular complexity index is 88.6. The van der Waals surface area contributed by atoms with Gasteiger partial charge in [0.25, 0.3) is 5.92 Å². The number of hydrogen-bond donors (Lipinski definition) is 0. The molecular weight excluding hydrogens is 157 g/mol. The van der Waals surface area contributed by atoms with Crippen molar-refractivity contribution in [1.29, 1.82) is 0 Å². The molecule has 0 spiro atoms. The second kappa shape index (κ2) is 1.48. The van der Waals surface area contributed by atoms with Gasteiger partial charge in [-0.25, -0.2) is 8.78 Å². The van der Waals surface area contributed by atoms with Crippen molar-refractivity contribution in [1.82, 2.24) is 0 Å². The van der Waals surface area contributed by atoms with E-state index in [1.165, 1.54) is 0 Å². The summed E-state index contributed by atoms with van der Waals surface area (Å²) in [7, 11) is 0. The zero-order valence-electron chi connectivity index (χ0n) is 3.93. The van der Waals surface area contributed by atoms with Crippen LogP contribution in [0.15, 0.2) is 0 Å². The topological polar surface area (TPSA) is 0 Å². The Balaban J connectivity index is 2.42. The van der Waals surface area contributed by atoms with Crippen molar-refractivity contribution in [2.45, 2.75) is 23.1 Å². The molecule has 48 valence electrons. The van der Waals surface area contributed by atoms with Crippen LogP contribution >= 0.6 is 23.2 Å². The number of alkyl halides is 4. The molecule has 0 radical (unpaired) electrons. The standard InChI is InChI=1S/C4H4Cl2F2/c5-3(6)1-4(7,8)2-3/h1-2H2. The van der Waals surface area contributed by atoms with Crippen LogP contribution in [0.1, 0.15) is 12.8 Å². The summed E-state index contributed by atoms with van der Waals surface area (Å²) in [5, 5.41) is 0. The summed E-state index contributed by atoms with van der Waals surface area (Å²) < 4.78 is 22.6. The Morgan fingerprint density at radius 2 is 1.50 bits per heavy atom. The van der Waals surface area contributed by atoms with Crippen molar-refractivity contribution >= 4 is 23.2 Å². The van der Waals surface area contributed by atoms with E-state index >= 15 is 0 Å². The fraction of sp³-hybridized carbons (Fsp3) is 1.00. The number of halogens is 4. The maximum Gasteiger partial charge on any atom is 0.253 e. The summed E-state index contributed by atoms with van der Waals surface area (Å²) in [6.45, 7) is 0. The first kappa shape index (κ1) is 6.56. The van der Waals surface area contributed by atoms with E-state index < -0.39 is 23.1 Å². The van der Waals surface area contributed by atoms with Gasteiger partial charge in [-0.15, -0.1) is 23.2 Å². The van der Waals surface area contributed by atoms with E-state index in [0.717, 1.165) is 0 Å². The fourth-order valence-electron chi connectivity index (χ4n) is 0.705. The molecule has 0 aromatic heterocycles. The molecule has 0 N–H and O–H groups in total. The smallest absolute Gasteiger partial charge is 0.207 e. The Kier molecular flexibility index (Phi) is 1.21. The highest BCUT2D eigenvalue weighted by Gasteiger charge is 2.54. The van der Waals surface area contributed by atoms with Gasteiger partial charge in [0.2, 0.25) is 0 Å². The molecule has 0 atom stereocenters. The third-order valence-electron chi connectivity index (χ3n) is 1.03. The molecule has 0 bridgehead atoms. The highest BCUT2D eigenvalue weighted by molar-refractivity contribution is 6.49. The number of hydrogen-bond acceptors (Lipinski definition) is 0. The average Bonchev–Trinajstić information content (AvgIpc) is 1.20. The monoisotopic (exact) mass is 160 g/mol. The molecule has 0 unspecified atom stereocenters. The average molecular weight is 161 g/mol. The van der Waals surface area contributed by atoms with Gasteiger partial charge >= 0.3 is 0 Å². The summed E-state index contributed by atoms with van der Waals surface area (Å²) in [5.74, 6) is -2.61. The molecule has 0 aromatic carbocycles. The largest absolute Gasteiger partial charge is 0.253 e. The maximum absolute atomic E-state index is 11.9. The molecule has 0 aliphatic heterocycles. The molecular formula is C4H4Cl2F2. The molecule has 1 saturated carbocycles. The van der Waals surface area contributed by atoms with E-state index in [1.807, 2.05) is 0 Å². The van der Waals surface area contributed by atoms with E-state index in [9.17, 15) is 8.78 Å². The van der Waals surface area contributed by atoms with Crippen LogP contribution < -0.4 is 0 Å². The van der Waals surface area contributed by atoms with Crippen LogP contribution in [0.5, 0.6) is 0 Å². The lowest BCUT2D eigenvalue weighted by molar-refractivity contribution is -0.0781. The van der Waals surface area contributed by atoms with Crippen LogP contribution in [0.2, 0.25) is 0 Å². The Hall–Kier alpha value is 0.440. The molecule has 1 aliphatic rings. The Labute approximate surface area is 55.8 Å². The van der Waals surface area contributed by atoms with Gasteiger partial charge in [0.05, 0.1) is 0 Å². The number of rotatable bonds is 0. The third-order valence-corrected chi connectivity index (χ3v) is 1.57. The van der Waals surface area contributed by atoms with E-state index in [0.29, 0.717) is 0 Å². The van der Waals surface area contributed by atoms with Gasteiger partial charge in [-0.05, 0) is 0 Å². The molecule has 1 aliphatic carbocycles. The van der Waals surface area contributed by atoms with Gasteiger partial charge in [-0.2, -0.15) is 0 Å². The molecule has 8 heavy (non-hydrogen) atoms. The first-order chi connectivity index (χ1) is 3.41. The zero-order valence-corrected chi connectivity index (χ0v) is 5.44. The fourth-order valence-corrected chi connectivity index (χ4v) is 1.49. The summed E-state index contributed by atoms with van der Waals surface area (Å²) in [6, 6.07) is 0. The molecule has 0 heterocycles. The minimum absolute atomic E-state index is 0.400. The SMILES string of the molecule is FC1(F)CC(Cl)(Cl)C1. The van der Waals surface area contributed by atoms with Crippen LogP contribution in [0, 0.1) is 0 Å². The minimum Gasteiger partial charge on any atom is -0.207 e. The molecule has 1 fully saturated rings. The lowest BCUT2D eigenvalue weighted by atomic mass is 9.93. The Morgan fingerprint density at radius 1 is 1.12 bits per heavy atom. The van der Waals surface area contributed by atoms with Crippen molar-refractivity contribution in [3.8, 4) is 0 Å². The van der Waals surface area contributed by atoms with E-state index in [-0.39, 0.29) is 0 Å². The highest BCUT2D eigenvalue weighted by Crippen LogP contribution is 2.52. The van der Waals surface area contributed by atoms with Gasteiger partial charge < -0.3 is 0 Å².